The number of thiazole rings is 1. The number of rotatable bonds is 5. The number of hydrogen-bond donors (Lipinski definition) is 0. The molecular weight excluding hydrogens is 302 g/mol. The number of aromatic nitrogens is 3. The van der Waals surface area contributed by atoms with Gasteiger partial charge in [-0.25, -0.2) is 9.97 Å². The predicted octanol–water partition coefficient (Wildman–Crippen LogP) is 3.90. The second kappa shape index (κ2) is 6.69. The van der Waals surface area contributed by atoms with Crippen molar-refractivity contribution in [2.45, 2.75) is 10.8 Å². The minimum Gasteiger partial charge on any atom is -0.497 e. The van der Waals surface area contributed by atoms with Gasteiger partial charge in [0, 0.05) is 29.1 Å². The number of thioether (sulfide) groups is 1. The lowest BCUT2D eigenvalue weighted by molar-refractivity contribution is 0.415. The molecule has 0 amide bonds. The van der Waals surface area contributed by atoms with Crippen molar-refractivity contribution in [2.75, 3.05) is 7.11 Å². The molecule has 0 spiro atoms. The molecule has 2 heterocycles. The molecule has 0 saturated heterocycles. The summed E-state index contributed by atoms with van der Waals surface area (Å²) in [6.07, 6.45) is 5.14. The molecule has 0 aliphatic heterocycles. The third-order valence-electron chi connectivity index (χ3n) is 2.78. The molecule has 0 aliphatic carbocycles. The topological polar surface area (TPSA) is 47.9 Å². The molecular formula is C15H13N3OS2. The average molecular weight is 315 g/mol. The first-order chi connectivity index (χ1) is 10.3. The van der Waals surface area contributed by atoms with Gasteiger partial charge >= 0.3 is 0 Å². The van der Waals surface area contributed by atoms with Crippen molar-refractivity contribution < 1.29 is 4.74 Å². The maximum atomic E-state index is 5.25. The van der Waals surface area contributed by atoms with Crippen LogP contribution in [0.25, 0.3) is 10.6 Å². The first-order valence-corrected chi connectivity index (χ1v) is 8.19. The molecule has 0 radical (unpaired) electrons. The summed E-state index contributed by atoms with van der Waals surface area (Å²) in [7, 11) is 1.67. The number of methoxy groups -OCH3 is 1. The van der Waals surface area contributed by atoms with Crippen LogP contribution in [-0.4, -0.2) is 22.1 Å². The lowest BCUT2D eigenvalue weighted by Crippen LogP contribution is -1.86. The van der Waals surface area contributed by atoms with Gasteiger partial charge in [-0.2, -0.15) is 0 Å². The van der Waals surface area contributed by atoms with E-state index < -0.39 is 0 Å². The van der Waals surface area contributed by atoms with Crippen molar-refractivity contribution in [3.63, 3.8) is 0 Å². The molecule has 1 aromatic carbocycles. The van der Waals surface area contributed by atoms with Gasteiger partial charge in [-0.1, -0.05) is 23.9 Å². The molecule has 21 heavy (non-hydrogen) atoms. The molecule has 0 N–H and O–H groups in total. The molecule has 0 saturated carbocycles. The van der Waals surface area contributed by atoms with Crippen LogP contribution in [0.5, 0.6) is 5.75 Å². The minimum absolute atomic E-state index is 0.791. The standard InChI is InChI=1S/C15H13N3OS2/c1-19-13-4-2-3-11(7-13)15-18-12(10-21-15)9-20-14-8-16-5-6-17-14/h2-8,10H,9H2,1H3. The molecule has 4 nitrogen and oxygen atoms in total. The van der Waals surface area contributed by atoms with Gasteiger partial charge < -0.3 is 4.74 Å². The van der Waals surface area contributed by atoms with E-state index in [0.29, 0.717) is 0 Å². The van der Waals surface area contributed by atoms with Crippen LogP contribution < -0.4 is 4.74 Å². The number of hydrogen-bond acceptors (Lipinski definition) is 6. The van der Waals surface area contributed by atoms with E-state index in [4.69, 9.17) is 4.74 Å². The SMILES string of the molecule is COc1cccc(-c2nc(CSc3cnccn3)cs2)c1. The maximum absolute atomic E-state index is 5.25. The zero-order valence-corrected chi connectivity index (χ0v) is 13.0. The van der Waals surface area contributed by atoms with Crippen LogP contribution in [0.1, 0.15) is 5.69 Å². The highest BCUT2D eigenvalue weighted by molar-refractivity contribution is 7.98. The van der Waals surface area contributed by atoms with Gasteiger partial charge in [0.25, 0.3) is 0 Å². The van der Waals surface area contributed by atoms with Gasteiger partial charge in [0.05, 0.1) is 19.0 Å². The first kappa shape index (κ1) is 14.0. The zero-order valence-electron chi connectivity index (χ0n) is 11.4. The Morgan fingerprint density at radius 2 is 2.24 bits per heavy atom. The fourth-order valence-electron chi connectivity index (χ4n) is 1.77. The molecule has 3 aromatic rings. The number of nitrogens with zero attached hydrogens (tertiary/aromatic N) is 3. The number of benzene rings is 1. The van der Waals surface area contributed by atoms with E-state index in [1.54, 1.807) is 48.8 Å². The van der Waals surface area contributed by atoms with Crippen LogP contribution in [0.3, 0.4) is 0 Å². The Balaban J connectivity index is 1.71. The average Bonchev–Trinajstić information content (AvgIpc) is 3.03. The Morgan fingerprint density at radius 3 is 3.05 bits per heavy atom. The maximum Gasteiger partial charge on any atom is 0.123 e. The Labute approximate surface area is 131 Å². The van der Waals surface area contributed by atoms with Crippen molar-refractivity contribution in [1.29, 1.82) is 0 Å². The highest BCUT2D eigenvalue weighted by Crippen LogP contribution is 2.29. The second-order valence-electron chi connectivity index (χ2n) is 4.21. The summed E-state index contributed by atoms with van der Waals surface area (Å²) < 4.78 is 5.25. The van der Waals surface area contributed by atoms with E-state index in [9.17, 15) is 0 Å². The van der Waals surface area contributed by atoms with Gasteiger partial charge in [-0.05, 0) is 12.1 Å². The normalized spacial score (nSPS) is 10.5. The lowest BCUT2D eigenvalue weighted by Gasteiger charge is -2.01. The second-order valence-corrected chi connectivity index (χ2v) is 6.06. The fraction of sp³-hybridized carbons (Fsp3) is 0.133. The largest absolute Gasteiger partial charge is 0.497 e. The van der Waals surface area contributed by atoms with Crippen LogP contribution >= 0.6 is 23.1 Å². The molecule has 6 heteroatoms. The van der Waals surface area contributed by atoms with Crippen LogP contribution in [-0.2, 0) is 5.75 Å². The molecule has 3 rings (SSSR count). The zero-order chi connectivity index (χ0) is 14.5. The molecule has 0 unspecified atom stereocenters. The van der Waals surface area contributed by atoms with Crippen molar-refractivity contribution >= 4 is 23.1 Å². The fourth-order valence-corrected chi connectivity index (χ4v) is 3.41. The summed E-state index contributed by atoms with van der Waals surface area (Å²) in [4.78, 5) is 13.0. The van der Waals surface area contributed by atoms with Crippen molar-refractivity contribution in [1.82, 2.24) is 15.0 Å². The monoisotopic (exact) mass is 315 g/mol. The summed E-state index contributed by atoms with van der Waals surface area (Å²) in [6, 6.07) is 7.95. The van der Waals surface area contributed by atoms with E-state index in [-0.39, 0.29) is 0 Å². The van der Waals surface area contributed by atoms with Gasteiger partial charge in [-0.3, -0.25) is 4.98 Å². The van der Waals surface area contributed by atoms with E-state index in [2.05, 4.69) is 20.3 Å². The molecule has 0 fully saturated rings. The highest BCUT2D eigenvalue weighted by atomic mass is 32.2. The van der Waals surface area contributed by atoms with Crippen molar-refractivity contribution in [3.8, 4) is 16.3 Å². The van der Waals surface area contributed by atoms with Gasteiger partial charge in [0.15, 0.2) is 0 Å². The highest BCUT2D eigenvalue weighted by Gasteiger charge is 2.06. The molecule has 0 atom stereocenters. The summed E-state index contributed by atoms with van der Waals surface area (Å²) in [5, 5.41) is 4.00. The molecule has 0 aliphatic rings. The van der Waals surface area contributed by atoms with E-state index in [1.807, 2.05) is 24.3 Å². The lowest BCUT2D eigenvalue weighted by atomic mass is 10.2. The van der Waals surface area contributed by atoms with Gasteiger partial charge in [0.2, 0.25) is 0 Å². The molecule has 106 valence electrons. The third-order valence-corrected chi connectivity index (χ3v) is 4.66. The summed E-state index contributed by atoms with van der Waals surface area (Å²) >= 11 is 3.28. The van der Waals surface area contributed by atoms with E-state index >= 15 is 0 Å². The van der Waals surface area contributed by atoms with Gasteiger partial charge in [0.1, 0.15) is 15.8 Å². The van der Waals surface area contributed by atoms with Crippen LogP contribution in [0.2, 0.25) is 0 Å². The van der Waals surface area contributed by atoms with Crippen LogP contribution in [0.15, 0.2) is 53.3 Å². The van der Waals surface area contributed by atoms with Crippen molar-refractivity contribution in [3.05, 3.63) is 53.9 Å². The molecule has 2 aromatic heterocycles. The third kappa shape index (κ3) is 3.59. The Kier molecular flexibility index (Phi) is 4.47. The van der Waals surface area contributed by atoms with Crippen LogP contribution in [0, 0.1) is 0 Å². The summed E-state index contributed by atoms with van der Waals surface area (Å²) in [5.74, 6) is 1.64. The number of ether oxygens (including phenoxy) is 1. The minimum atomic E-state index is 0.791. The first-order valence-electron chi connectivity index (χ1n) is 6.33. The van der Waals surface area contributed by atoms with Gasteiger partial charge in [-0.15, -0.1) is 11.3 Å². The van der Waals surface area contributed by atoms with Crippen LogP contribution in [0.4, 0.5) is 0 Å². The Hall–Kier alpha value is -1.92. The van der Waals surface area contributed by atoms with E-state index in [1.165, 1.54) is 0 Å². The predicted molar refractivity (Wildman–Crippen MR) is 85.7 cm³/mol. The quantitative estimate of drug-likeness (QED) is 0.668. The Morgan fingerprint density at radius 1 is 1.29 bits per heavy atom. The van der Waals surface area contributed by atoms with Crippen molar-refractivity contribution in [2.24, 2.45) is 0 Å². The Bertz CT molecular complexity index is 716. The smallest absolute Gasteiger partial charge is 0.123 e. The molecule has 0 bridgehead atoms. The summed E-state index contributed by atoms with van der Waals surface area (Å²) in [5.41, 5.74) is 2.13. The summed E-state index contributed by atoms with van der Waals surface area (Å²) in [6.45, 7) is 0. The van der Waals surface area contributed by atoms with E-state index in [0.717, 1.165) is 32.8 Å².